The molecule has 0 bridgehead atoms. The fourth-order valence-corrected chi connectivity index (χ4v) is 3.30. The molecular weight excluding hydrogens is 356 g/mol. The molecule has 1 saturated carbocycles. The number of ketones is 1. The SMILES string of the molecule is CN(/C=C/C=C1/CCC/C(=C/C=C/N(C)c2ccccc2)C1=O)c1ccccc1. The van der Waals surface area contributed by atoms with Crippen molar-refractivity contribution in [1.29, 1.82) is 0 Å². The predicted octanol–water partition coefficient (Wildman–Crippen LogP) is 5.89. The molecular formula is C26H28N2O. The van der Waals surface area contributed by atoms with Gasteiger partial charge in [0.15, 0.2) is 5.78 Å². The first-order chi connectivity index (χ1) is 14.1. The average molecular weight is 385 g/mol. The number of benzene rings is 2. The van der Waals surface area contributed by atoms with Crippen molar-refractivity contribution in [2.24, 2.45) is 0 Å². The third-order valence-corrected chi connectivity index (χ3v) is 5.02. The van der Waals surface area contributed by atoms with Crippen molar-refractivity contribution >= 4 is 17.2 Å². The van der Waals surface area contributed by atoms with E-state index in [1.807, 2.05) is 97.0 Å². The summed E-state index contributed by atoms with van der Waals surface area (Å²) in [6, 6.07) is 20.3. The Morgan fingerprint density at radius 3 is 1.52 bits per heavy atom. The summed E-state index contributed by atoms with van der Waals surface area (Å²) in [6.07, 6.45) is 14.5. The van der Waals surface area contributed by atoms with Crippen molar-refractivity contribution in [3.05, 3.63) is 109 Å². The molecule has 3 nitrogen and oxygen atoms in total. The summed E-state index contributed by atoms with van der Waals surface area (Å²) >= 11 is 0. The molecule has 1 aliphatic rings. The van der Waals surface area contributed by atoms with Crippen LogP contribution in [0.2, 0.25) is 0 Å². The van der Waals surface area contributed by atoms with Crippen LogP contribution in [0.5, 0.6) is 0 Å². The van der Waals surface area contributed by atoms with Crippen LogP contribution >= 0.6 is 0 Å². The highest BCUT2D eigenvalue weighted by atomic mass is 16.1. The molecule has 0 unspecified atom stereocenters. The smallest absolute Gasteiger partial charge is 0.184 e. The highest BCUT2D eigenvalue weighted by Gasteiger charge is 2.19. The molecule has 148 valence electrons. The maximum atomic E-state index is 12.8. The third-order valence-electron chi connectivity index (χ3n) is 5.02. The number of hydrogen-bond acceptors (Lipinski definition) is 3. The molecule has 1 fully saturated rings. The zero-order valence-electron chi connectivity index (χ0n) is 17.2. The molecule has 29 heavy (non-hydrogen) atoms. The first-order valence-corrected chi connectivity index (χ1v) is 10.0. The van der Waals surface area contributed by atoms with E-state index in [0.29, 0.717) is 0 Å². The largest absolute Gasteiger partial charge is 0.351 e. The number of allylic oxidation sites excluding steroid dienone is 6. The van der Waals surface area contributed by atoms with Crippen LogP contribution in [0.4, 0.5) is 11.4 Å². The van der Waals surface area contributed by atoms with E-state index >= 15 is 0 Å². The fraction of sp³-hybridized carbons (Fsp3) is 0.192. The van der Waals surface area contributed by atoms with Gasteiger partial charge < -0.3 is 9.80 Å². The summed E-state index contributed by atoms with van der Waals surface area (Å²) in [4.78, 5) is 16.9. The Morgan fingerprint density at radius 1 is 0.690 bits per heavy atom. The highest BCUT2D eigenvalue weighted by Crippen LogP contribution is 2.25. The van der Waals surface area contributed by atoms with E-state index in [0.717, 1.165) is 41.8 Å². The van der Waals surface area contributed by atoms with Gasteiger partial charge in [-0.15, -0.1) is 0 Å². The molecule has 0 saturated heterocycles. The van der Waals surface area contributed by atoms with Gasteiger partial charge in [-0.25, -0.2) is 0 Å². The lowest BCUT2D eigenvalue weighted by Gasteiger charge is -2.16. The van der Waals surface area contributed by atoms with Crippen molar-refractivity contribution in [2.75, 3.05) is 23.9 Å². The number of carbonyl (C=O) groups is 1. The first-order valence-electron chi connectivity index (χ1n) is 10.0. The maximum Gasteiger partial charge on any atom is 0.184 e. The molecule has 3 heteroatoms. The molecule has 0 aromatic heterocycles. The van der Waals surface area contributed by atoms with Gasteiger partial charge in [0.2, 0.25) is 0 Å². The fourth-order valence-electron chi connectivity index (χ4n) is 3.30. The Balaban J connectivity index is 1.63. The normalized spacial score (nSPS) is 17.5. The molecule has 0 spiro atoms. The number of carbonyl (C=O) groups excluding carboxylic acids is 1. The minimum Gasteiger partial charge on any atom is -0.351 e. The minimum atomic E-state index is 0.162. The second-order valence-corrected chi connectivity index (χ2v) is 7.14. The Hall–Kier alpha value is -3.33. The lowest BCUT2D eigenvalue weighted by atomic mass is 9.88. The van der Waals surface area contributed by atoms with Crippen LogP contribution in [-0.4, -0.2) is 19.9 Å². The van der Waals surface area contributed by atoms with Gasteiger partial charge in [0.1, 0.15) is 0 Å². The molecule has 0 aliphatic heterocycles. The summed E-state index contributed by atoms with van der Waals surface area (Å²) in [6.45, 7) is 0. The van der Waals surface area contributed by atoms with Gasteiger partial charge in [-0.3, -0.25) is 4.79 Å². The van der Waals surface area contributed by atoms with Crippen LogP contribution in [0.15, 0.2) is 109 Å². The van der Waals surface area contributed by atoms with Gasteiger partial charge in [0.05, 0.1) is 0 Å². The molecule has 3 rings (SSSR count). The second-order valence-electron chi connectivity index (χ2n) is 7.14. The predicted molar refractivity (Wildman–Crippen MR) is 123 cm³/mol. The monoisotopic (exact) mass is 384 g/mol. The van der Waals surface area contributed by atoms with E-state index in [1.165, 1.54) is 0 Å². The zero-order chi connectivity index (χ0) is 20.5. The molecule has 2 aromatic carbocycles. The van der Waals surface area contributed by atoms with E-state index < -0.39 is 0 Å². The van der Waals surface area contributed by atoms with Crippen LogP contribution in [0, 0.1) is 0 Å². The summed E-state index contributed by atoms with van der Waals surface area (Å²) in [7, 11) is 4.01. The molecule has 0 atom stereocenters. The van der Waals surface area contributed by atoms with Crippen LogP contribution in [0.1, 0.15) is 19.3 Å². The van der Waals surface area contributed by atoms with Gasteiger partial charge in [0, 0.05) is 37.9 Å². The van der Waals surface area contributed by atoms with E-state index in [2.05, 4.69) is 24.3 Å². The molecule has 0 N–H and O–H groups in total. The topological polar surface area (TPSA) is 23.6 Å². The zero-order valence-corrected chi connectivity index (χ0v) is 17.2. The minimum absolute atomic E-state index is 0.162. The van der Waals surface area contributed by atoms with Crippen molar-refractivity contribution in [3.8, 4) is 0 Å². The van der Waals surface area contributed by atoms with Crippen molar-refractivity contribution in [1.82, 2.24) is 0 Å². The number of anilines is 2. The Morgan fingerprint density at radius 2 is 1.10 bits per heavy atom. The maximum absolute atomic E-state index is 12.8. The summed E-state index contributed by atoms with van der Waals surface area (Å²) in [5.41, 5.74) is 3.99. The highest BCUT2D eigenvalue weighted by molar-refractivity contribution is 6.09. The summed E-state index contributed by atoms with van der Waals surface area (Å²) in [5.74, 6) is 0.162. The Labute approximate surface area is 174 Å². The number of para-hydroxylation sites is 2. The van der Waals surface area contributed by atoms with Crippen molar-refractivity contribution in [2.45, 2.75) is 19.3 Å². The number of hydrogen-bond donors (Lipinski definition) is 0. The summed E-state index contributed by atoms with van der Waals surface area (Å²) < 4.78 is 0. The van der Waals surface area contributed by atoms with Crippen LogP contribution in [-0.2, 0) is 4.79 Å². The lowest BCUT2D eigenvalue weighted by Crippen LogP contribution is -2.12. The van der Waals surface area contributed by atoms with Crippen LogP contribution < -0.4 is 9.80 Å². The van der Waals surface area contributed by atoms with E-state index in [-0.39, 0.29) is 5.78 Å². The van der Waals surface area contributed by atoms with Gasteiger partial charge in [-0.05, 0) is 66.8 Å². The quantitative estimate of drug-likeness (QED) is 0.580. The first kappa shape index (κ1) is 20.4. The molecule has 0 heterocycles. The van der Waals surface area contributed by atoms with Crippen LogP contribution in [0.3, 0.4) is 0 Å². The number of rotatable bonds is 6. The lowest BCUT2D eigenvalue weighted by molar-refractivity contribution is -0.113. The van der Waals surface area contributed by atoms with Crippen molar-refractivity contribution < 1.29 is 4.79 Å². The van der Waals surface area contributed by atoms with E-state index in [4.69, 9.17) is 0 Å². The van der Waals surface area contributed by atoms with Crippen LogP contribution in [0.25, 0.3) is 0 Å². The van der Waals surface area contributed by atoms with E-state index in [1.54, 1.807) is 0 Å². The van der Waals surface area contributed by atoms with Gasteiger partial charge in [-0.2, -0.15) is 0 Å². The molecule has 0 amide bonds. The molecule has 1 aliphatic carbocycles. The number of nitrogens with zero attached hydrogens (tertiary/aromatic N) is 2. The average Bonchev–Trinajstić information content (AvgIpc) is 2.77. The van der Waals surface area contributed by atoms with Gasteiger partial charge >= 0.3 is 0 Å². The van der Waals surface area contributed by atoms with Gasteiger partial charge in [-0.1, -0.05) is 48.6 Å². The summed E-state index contributed by atoms with van der Waals surface area (Å²) in [5, 5.41) is 0. The number of Topliss-reactive ketones (excluding diaryl/α,β-unsaturated/α-hetero) is 1. The second kappa shape index (κ2) is 10.3. The van der Waals surface area contributed by atoms with E-state index in [9.17, 15) is 4.79 Å². The van der Waals surface area contributed by atoms with Gasteiger partial charge in [0.25, 0.3) is 0 Å². The molecule has 0 radical (unpaired) electrons. The molecule has 2 aromatic rings. The Kier molecular flexibility index (Phi) is 7.23. The van der Waals surface area contributed by atoms with Crippen molar-refractivity contribution in [3.63, 3.8) is 0 Å². The third kappa shape index (κ3) is 5.82. The standard InChI is InChI=1S/C26H28N2O/c1-27(24-16-5-3-6-17-24)20-10-14-22-12-9-13-23(26(22)29)15-11-21-28(2)25-18-7-4-8-19-25/h3-8,10-11,14-21H,9,12-13H2,1-2H3/b20-10+,21-11+,22-14-,23-15-. The Bertz CT molecular complexity index is 848.